The highest BCUT2D eigenvalue weighted by Crippen LogP contribution is 2.50. The van der Waals surface area contributed by atoms with Crippen LogP contribution in [-0.2, 0) is 12.6 Å². The Labute approximate surface area is 94.3 Å². The van der Waals surface area contributed by atoms with E-state index in [0.29, 0.717) is 0 Å². The van der Waals surface area contributed by atoms with E-state index in [1.165, 1.54) is 0 Å². The van der Waals surface area contributed by atoms with Crippen molar-refractivity contribution in [3.8, 4) is 5.75 Å². The third-order valence-electron chi connectivity index (χ3n) is 3.45. The second-order valence-electron chi connectivity index (χ2n) is 4.54. The Bertz CT molecular complexity index is 552. The van der Waals surface area contributed by atoms with Crippen LogP contribution in [0.15, 0.2) is 24.4 Å². The molecule has 0 atom stereocenters. The van der Waals surface area contributed by atoms with Crippen LogP contribution in [0.2, 0.25) is 0 Å². The zero-order valence-electron chi connectivity index (χ0n) is 9.53. The number of methoxy groups -OCH3 is 1. The summed E-state index contributed by atoms with van der Waals surface area (Å²) in [5.74, 6) is 0.818. The van der Waals surface area contributed by atoms with E-state index in [1.807, 2.05) is 31.4 Å². The molecule has 1 saturated carbocycles. The van der Waals surface area contributed by atoms with E-state index in [9.17, 15) is 5.11 Å². The van der Waals surface area contributed by atoms with E-state index in [0.717, 1.165) is 35.1 Å². The highest BCUT2D eigenvalue weighted by Gasteiger charge is 2.44. The molecule has 0 saturated heterocycles. The lowest BCUT2D eigenvalue weighted by Crippen LogP contribution is -2.06. The van der Waals surface area contributed by atoms with Crippen LogP contribution in [0.3, 0.4) is 0 Å². The fourth-order valence-electron chi connectivity index (χ4n) is 2.30. The van der Waals surface area contributed by atoms with Crippen molar-refractivity contribution in [3.05, 3.63) is 30.0 Å². The first-order chi connectivity index (χ1) is 7.65. The molecular formula is C13H15NO2. The average molecular weight is 217 g/mol. The van der Waals surface area contributed by atoms with Gasteiger partial charge < -0.3 is 14.4 Å². The van der Waals surface area contributed by atoms with Gasteiger partial charge in [0.05, 0.1) is 18.2 Å². The zero-order valence-corrected chi connectivity index (χ0v) is 9.53. The van der Waals surface area contributed by atoms with E-state index in [-0.39, 0.29) is 0 Å². The molecule has 1 aromatic heterocycles. The van der Waals surface area contributed by atoms with Crippen molar-refractivity contribution in [3.63, 3.8) is 0 Å². The van der Waals surface area contributed by atoms with E-state index < -0.39 is 5.60 Å². The van der Waals surface area contributed by atoms with Crippen LogP contribution in [0, 0.1) is 0 Å². The second-order valence-corrected chi connectivity index (χ2v) is 4.54. The molecule has 2 aromatic rings. The van der Waals surface area contributed by atoms with Gasteiger partial charge in [0.15, 0.2) is 0 Å². The van der Waals surface area contributed by atoms with Gasteiger partial charge in [-0.3, -0.25) is 0 Å². The molecule has 0 amide bonds. The fraction of sp³-hybridized carbons (Fsp3) is 0.385. The summed E-state index contributed by atoms with van der Waals surface area (Å²) in [5, 5.41) is 11.3. The summed E-state index contributed by atoms with van der Waals surface area (Å²) in [6.07, 6.45) is 3.68. The molecule has 0 unspecified atom stereocenters. The predicted molar refractivity (Wildman–Crippen MR) is 62.6 cm³/mol. The highest BCUT2D eigenvalue weighted by atomic mass is 16.5. The topological polar surface area (TPSA) is 34.4 Å². The van der Waals surface area contributed by atoms with Crippen molar-refractivity contribution >= 4 is 10.9 Å². The van der Waals surface area contributed by atoms with Gasteiger partial charge in [0, 0.05) is 24.2 Å². The van der Waals surface area contributed by atoms with Crippen LogP contribution in [-0.4, -0.2) is 16.8 Å². The van der Waals surface area contributed by atoms with Crippen molar-refractivity contribution in [1.82, 2.24) is 4.57 Å². The summed E-state index contributed by atoms with van der Waals surface area (Å²) in [6, 6.07) is 6.06. The SMILES string of the molecule is COc1c(C2(O)CC2)ccc2c1ccn2C. The van der Waals surface area contributed by atoms with Gasteiger partial charge in [-0.1, -0.05) is 6.07 Å². The lowest BCUT2D eigenvalue weighted by atomic mass is 10.0. The summed E-state index contributed by atoms with van der Waals surface area (Å²) >= 11 is 0. The average Bonchev–Trinajstić information content (AvgIpc) is 2.93. The second kappa shape index (κ2) is 3.01. The number of aromatic nitrogens is 1. The van der Waals surface area contributed by atoms with Crippen LogP contribution in [0.1, 0.15) is 18.4 Å². The Morgan fingerprint density at radius 3 is 2.69 bits per heavy atom. The molecule has 0 spiro atoms. The minimum atomic E-state index is -0.643. The third kappa shape index (κ3) is 1.18. The first-order valence-corrected chi connectivity index (χ1v) is 5.50. The van der Waals surface area contributed by atoms with Crippen molar-refractivity contribution < 1.29 is 9.84 Å². The number of hydrogen-bond donors (Lipinski definition) is 1. The monoisotopic (exact) mass is 217 g/mol. The Morgan fingerprint density at radius 1 is 1.31 bits per heavy atom. The molecule has 1 aliphatic rings. The lowest BCUT2D eigenvalue weighted by molar-refractivity contribution is 0.148. The quantitative estimate of drug-likeness (QED) is 0.836. The van der Waals surface area contributed by atoms with E-state index in [1.54, 1.807) is 7.11 Å². The van der Waals surface area contributed by atoms with Crippen LogP contribution in [0.5, 0.6) is 5.75 Å². The lowest BCUT2D eigenvalue weighted by Gasteiger charge is -2.14. The Kier molecular flexibility index (Phi) is 1.83. The van der Waals surface area contributed by atoms with Gasteiger partial charge >= 0.3 is 0 Å². The number of fused-ring (bicyclic) bond motifs is 1. The number of benzene rings is 1. The van der Waals surface area contributed by atoms with Crippen LogP contribution < -0.4 is 4.74 Å². The summed E-state index contributed by atoms with van der Waals surface area (Å²) < 4.78 is 7.52. The summed E-state index contributed by atoms with van der Waals surface area (Å²) in [6.45, 7) is 0. The fourth-order valence-corrected chi connectivity index (χ4v) is 2.30. The third-order valence-corrected chi connectivity index (χ3v) is 3.45. The number of nitrogens with zero attached hydrogens (tertiary/aromatic N) is 1. The maximum atomic E-state index is 10.2. The van der Waals surface area contributed by atoms with Crippen LogP contribution in [0.4, 0.5) is 0 Å². The number of ether oxygens (including phenoxy) is 1. The van der Waals surface area contributed by atoms with Gasteiger partial charge in [0.2, 0.25) is 0 Å². The molecule has 0 bridgehead atoms. The standard InChI is InChI=1S/C13H15NO2/c1-14-8-5-9-11(14)4-3-10(12(9)16-2)13(15)6-7-13/h3-5,8,15H,6-7H2,1-2H3. The van der Waals surface area contributed by atoms with Crippen molar-refractivity contribution in [1.29, 1.82) is 0 Å². The minimum Gasteiger partial charge on any atom is -0.496 e. The van der Waals surface area contributed by atoms with Crippen LogP contribution >= 0.6 is 0 Å². The molecular weight excluding hydrogens is 202 g/mol. The first kappa shape index (κ1) is 9.73. The van der Waals surface area contributed by atoms with Gasteiger partial charge in [-0.25, -0.2) is 0 Å². The van der Waals surface area contributed by atoms with Gasteiger partial charge in [-0.05, 0) is 25.0 Å². The molecule has 3 heteroatoms. The molecule has 1 heterocycles. The zero-order chi connectivity index (χ0) is 11.3. The molecule has 1 N–H and O–H groups in total. The first-order valence-electron chi connectivity index (χ1n) is 5.50. The van der Waals surface area contributed by atoms with Crippen molar-refractivity contribution in [2.24, 2.45) is 7.05 Å². The summed E-state index contributed by atoms with van der Waals surface area (Å²) in [5.41, 5.74) is 1.41. The molecule has 1 aliphatic carbocycles. The van der Waals surface area contributed by atoms with Crippen LogP contribution in [0.25, 0.3) is 10.9 Å². The Morgan fingerprint density at radius 2 is 2.06 bits per heavy atom. The maximum Gasteiger partial charge on any atom is 0.134 e. The van der Waals surface area contributed by atoms with Gasteiger partial charge in [0.25, 0.3) is 0 Å². The number of aliphatic hydroxyl groups is 1. The predicted octanol–water partition coefficient (Wildman–Crippen LogP) is 2.17. The molecule has 1 aromatic carbocycles. The highest BCUT2D eigenvalue weighted by molar-refractivity contribution is 5.88. The molecule has 16 heavy (non-hydrogen) atoms. The van der Waals surface area contributed by atoms with Crippen molar-refractivity contribution in [2.75, 3.05) is 7.11 Å². The van der Waals surface area contributed by atoms with Gasteiger partial charge in [-0.2, -0.15) is 0 Å². The Hall–Kier alpha value is -1.48. The number of rotatable bonds is 2. The molecule has 3 nitrogen and oxygen atoms in total. The van der Waals surface area contributed by atoms with Gasteiger partial charge in [-0.15, -0.1) is 0 Å². The normalized spacial score (nSPS) is 17.7. The van der Waals surface area contributed by atoms with E-state index in [4.69, 9.17) is 4.74 Å². The number of hydrogen-bond acceptors (Lipinski definition) is 2. The maximum absolute atomic E-state index is 10.2. The molecule has 3 rings (SSSR count). The van der Waals surface area contributed by atoms with Crippen molar-refractivity contribution in [2.45, 2.75) is 18.4 Å². The molecule has 0 radical (unpaired) electrons. The van der Waals surface area contributed by atoms with E-state index >= 15 is 0 Å². The summed E-state index contributed by atoms with van der Waals surface area (Å²) in [7, 11) is 3.67. The van der Waals surface area contributed by atoms with Gasteiger partial charge in [0.1, 0.15) is 5.75 Å². The Balaban J connectivity index is 2.30. The summed E-state index contributed by atoms with van der Waals surface area (Å²) in [4.78, 5) is 0. The molecule has 1 fully saturated rings. The number of aryl methyl sites for hydroxylation is 1. The minimum absolute atomic E-state index is 0.643. The molecule has 84 valence electrons. The molecule has 0 aliphatic heterocycles. The van der Waals surface area contributed by atoms with E-state index in [2.05, 4.69) is 4.57 Å². The smallest absolute Gasteiger partial charge is 0.134 e. The largest absolute Gasteiger partial charge is 0.496 e.